The smallest absolute Gasteiger partial charge is 0.337 e. The maximum atomic E-state index is 10.4. The first-order chi connectivity index (χ1) is 9.70. The summed E-state index contributed by atoms with van der Waals surface area (Å²) in [5, 5.41) is 9.32. The van der Waals surface area contributed by atoms with Gasteiger partial charge in [-0.2, -0.15) is 0 Å². The number of carbonyl (C=O) groups excluding carboxylic acids is 1. The van der Waals surface area contributed by atoms with Crippen molar-refractivity contribution in [2.45, 2.75) is 0 Å². The zero-order valence-corrected chi connectivity index (χ0v) is 13.8. The van der Waals surface area contributed by atoms with Gasteiger partial charge in [0.15, 0.2) is 5.96 Å². The summed E-state index contributed by atoms with van der Waals surface area (Å²) in [6.07, 6.45) is 0. The molecule has 0 atom stereocenters. The van der Waals surface area contributed by atoms with Gasteiger partial charge in [0.25, 0.3) is 0 Å². The van der Waals surface area contributed by atoms with E-state index in [4.69, 9.17) is 63.1 Å². The zero-order valence-electron chi connectivity index (χ0n) is 11.2. The van der Waals surface area contributed by atoms with Crippen LogP contribution in [0.25, 0.3) is 0 Å². The number of amides is 1. The predicted molar refractivity (Wildman–Crippen MR) is 71.3 cm³/mol. The standard InChI is InChI=1S/C4H7N3O.3H3O4P/c1-7-2-3(8)6-4(7)5;3*1-5(2,3)4/h2H2,1H3,(H2,5,6,8);3*(H3,1,2,3,4). The van der Waals surface area contributed by atoms with Gasteiger partial charge in [0, 0.05) is 7.05 Å². The number of likely N-dealkylation sites (N-methyl/N-ethyl adjacent to an activating group) is 1. The number of guanidine groups is 1. The molecule has 0 bridgehead atoms. The SMILES string of the molecule is CN1CC(=O)NC1=N.O=P(O)(O)O.O=P(O)(O)O.O=P(O)(O)O. The monoisotopic (exact) mass is 407 g/mol. The van der Waals surface area contributed by atoms with Crippen molar-refractivity contribution in [1.82, 2.24) is 10.2 Å². The van der Waals surface area contributed by atoms with E-state index >= 15 is 0 Å². The van der Waals surface area contributed by atoms with Gasteiger partial charge in [-0.1, -0.05) is 0 Å². The lowest BCUT2D eigenvalue weighted by molar-refractivity contribution is -0.118. The fraction of sp³-hybridized carbons (Fsp3) is 0.500. The van der Waals surface area contributed by atoms with Crippen LogP contribution in [0.4, 0.5) is 0 Å². The van der Waals surface area contributed by atoms with Crippen LogP contribution in [-0.2, 0) is 18.5 Å². The minimum atomic E-state index is -4.64. The van der Waals surface area contributed by atoms with Crippen molar-refractivity contribution in [3.63, 3.8) is 0 Å². The lowest BCUT2D eigenvalue weighted by Crippen LogP contribution is -2.25. The minimum Gasteiger partial charge on any atom is -0.337 e. The highest BCUT2D eigenvalue weighted by molar-refractivity contribution is 7.45. The quantitative estimate of drug-likeness (QED) is 0.172. The summed E-state index contributed by atoms with van der Waals surface area (Å²) in [6.45, 7) is 0.318. The van der Waals surface area contributed by atoms with Crippen LogP contribution in [0.2, 0.25) is 0 Å². The third-order valence-electron chi connectivity index (χ3n) is 1.02. The molecule has 0 unspecified atom stereocenters. The van der Waals surface area contributed by atoms with Crippen LogP contribution in [-0.4, -0.2) is 74.4 Å². The Kier molecular flexibility index (Phi) is 12.9. The lowest BCUT2D eigenvalue weighted by Gasteiger charge is -2.03. The van der Waals surface area contributed by atoms with Crippen LogP contribution in [0, 0.1) is 5.41 Å². The minimum absolute atomic E-state index is 0.0995. The molecule has 1 aliphatic rings. The van der Waals surface area contributed by atoms with Gasteiger partial charge < -0.3 is 48.9 Å². The number of nitrogens with one attached hydrogen (secondary N) is 2. The van der Waals surface area contributed by atoms with Crippen LogP contribution in [0.3, 0.4) is 0 Å². The number of phosphoric acid groups is 3. The average molecular weight is 407 g/mol. The van der Waals surface area contributed by atoms with Crippen molar-refractivity contribution >= 4 is 35.3 Å². The van der Waals surface area contributed by atoms with Gasteiger partial charge in [0.2, 0.25) is 5.91 Å². The molecule has 0 aliphatic carbocycles. The number of hydrogen-bond acceptors (Lipinski definition) is 5. The molecule has 1 fully saturated rings. The van der Waals surface area contributed by atoms with Gasteiger partial charge in [-0.05, 0) is 0 Å². The van der Waals surface area contributed by atoms with E-state index in [-0.39, 0.29) is 11.9 Å². The van der Waals surface area contributed by atoms with E-state index in [1.165, 1.54) is 0 Å². The Morgan fingerprint density at radius 1 is 0.870 bits per heavy atom. The highest BCUT2D eigenvalue weighted by Gasteiger charge is 2.18. The van der Waals surface area contributed by atoms with Crippen molar-refractivity contribution in [3.05, 3.63) is 0 Å². The molecule has 1 saturated heterocycles. The van der Waals surface area contributed by atoms with Crippen LogP contribution in [0.5, 0.6) is 0 Å². The molecule has 0 aromatic rings. The van der Waals surface area contributed by atoms with Crippen molar-refractivity contribution in [3.8, 4) is 0 Å². The molecule has 23 heavy (non-hydrogen) atoms. The molecule has 0 saturated carbocycles. The van der Waals surface area contributed by atoms with Crippen LogP contribution in [0.1, 0.15) is 0 Å². The number of hydrogen-bond donors (Lipinski definition) is 11. The highest BCUT2D eigenvalue weighted by atomic mass is 31.2. The van der Waals surface area contributed by atoms with Crippen molar-refractivity contribution in [2.24, 2.45) is 0 Å². The Labute approximate surface area is 128 Å². The second-order valence-corrected chi connectivity index (χ2v) is 6.37. The summed E-state index contributed by atoms with van der Waals surface area (Å²) in [5.74, 6) is 0.0903. The predicted octanol–water partition coefficient (Wildman–Crippen LogP) is -3.80. The molecular weight excluding hydrogens is 391 g/mol. The van der Waals surface area contributed by atoms with E-state index in [1.54, 1.807) is 11.9 Å². The summed E-state index contributed by atoms with van der Waals surface area (Å²) < 4.78 is 26.6. The fourth-order valence-corrected chi connectivity index (χ4v) is 0.561. The maximum absolute atomic E-state index is 10.4. The van der Waals surface area contributed by atoms with Crippen LogP contribution in [0.15, 0.2) is 0 Å². The molecule has 0 aromatic heterocycles. The highest BCUT2D eigenvalue weighted by Crippen LogP contribution is 2.26. The molecule has 1 rings (SSSR count). The first-order valence-electron chi connectivity index (χ1n) is 4.64. The molecule has 140 valence electrons. The van der Waals surface area contributed by atoms with Gasteiger partial charge in [-0.3, -0.25) is 15.5 Å². The second-order valence-electron chi connectivity index (χ2n) is 3.29. The summed E-state index contributed by atoms with van der Waals surface area (Å²) in [5.41, 5.74) is 0. The molecule has 0 radical (unpaired) electrons. The third-order valence-corrected chi connectivity index (χ3v) is 1.02. The summed E-state index contributed by atoms with van der Waals surface area (Å²) in [7, 11) is -12.2. The van der Waals surface area contributed by atoms with E-state index in [1.807, 2.05) is 0 Å². The van der Waals surface area contributed by atoms with Crippen molar-refractivity contribution < 1.29 is 62.5 Å². The van der Waals surface area contributed by atoms with E-state index in [2.05, 4.69) is 5.32 Å². The van der Waals surface area contributed by atoms with E-state index in [0.29, 0.717) is 6.54 Å². The molecule has 19 heteroatoms. The zero-order chi connectivity index (χ0) is 19.6. The molecule has 16 nitrogen and oxygen atoms in total. The summed E-state index contributed by atoms with van der Waals surface area (Å²) in [6, 6.07) is 0. The summed E-state index contributed by atoms with van der Waals surface area (Å²) >= 11 is 0. The first kappa shape index (κ1) is 27.1. The number of rotatable bonds is 0. The number of carbonyl (C=O) groups is 1. The van der Waals surface area contributed by atoms with E-state index < -0.39 is 23.5 Å². The Balaban J connectivity index is -0.000000240. The molecule has 11 N–H and O–H groups in total. The maximum Gasteiger partial charge on any atom is 0.466 e. The van der Waals surface area contributed by atoms with Gasteiger partial charge in [0.1, 0.15) is 0 Å². The van der Waals surface area contributed by atoms with Crippen molar-refractivity contribution in [1.29, 1.82) is 5.41 Å². The molecule has 0 aromatic carbocycles. The lowest BCUT2D eigenvalue weighted by atomic mass is 10.6. The van der Waals surface area contributed by atoms with Gasteiger partial charge in [-0.15, -0.1) is 0 Å². The van der Waals surface area contributed by atoms with Gasteiger partial charge in [0.05, 0.1) is 6.54 Å². The average Bonchev–Trinajstić information content (AvgIpc) is 2.33. The van der Waals surface area contributed by atoms with E-state index in [9.17, 15) is 4.79 Å². The van der Waals surface area contributed by atoms with Crippen molar-refractivity contribution in [2.75, 3.05) is 13.6 Å². The molecule has 1 heterocycles. The molecule has 0 spiro atoms. The molecule has 1 aliphatic heterocycles. The normalized spacial score (nSPS) is 14.4. The van der Waals surface area contributed by atoms with Crippen LogP contribution < -0.4 is 5.32 Å². The Morgan fingerprint density at radius 2 is 1.09 bits per heavy atom. The Hall–Kier alpha value is -0.730. The largest absolute Gasteiger partial charge is 0.466 e. The Morgan fingerprint density at radius 3 is 1.13 bits per heavy atom. The summed E-state index contributed by atoms with van der Waals surface area (Å²) in [4.78, 5) is 76.6. The van der Waals surface area contributed by atoms with Crippen LogP contribution >= 0.6 is 23.5 Å². The number of nitrogens with zero attached hydrogens (tertiary/aromatic N) is 1. The van der Waals surface area contributed by atoms with Gasteiger partial charge in [-0.25, -0.2) is 13.7 Å². The molecule has 1 amide bonds. The topological polar surface area (TPSA) is 289 Å². The third kappa shape index (κ3) is 62.2. The van der Waals surface area contributed by atoms with E-state index in [0.717, 1.165) is 0 Å². The van der Waals surface area contributed by atoms with Gasteiger partial charge >= 0.3 is 23.5 Å². The Bertz CT molecular complexity index is 444. The molecular formula is C4H16N3O13P3. The first-order valence-corrected chi connectivity index (χ1v) is 9.34. The second kappa shape index (κ2) is 10.9. The fourth-order valence-electron chi connectivity index (χ4n) is 0.561.